The third-order valence-corrected chi connectivity index (χ3v) is 4.92. The summed E-state index contributed by atoms with van der Waals surface area (Å²) in [7, 11) is -3.71. The molecule has 120 valence electrons. The van der Waals surface area contributed by atoms with Crippen molar-refractivity contribution in [1.29, 1.82) is 0 Å². The summed E-state index contributed by atoms with van der Waals surface area (Å²) in [5.74, 6) is 0. The summed E-state index contributed by atoms with van der Waals surface area (Å²) in [6.07, 6.45) is 2.00. The summed E-state index contributed by atoms with van der Waals surface area (Å²) in [5, 5.41) is 0. The second kappa shape index (κ2) is 5.92. The third kappa shape index (κ3) is 3.29. The molecule has 0 bridgehead atoms. The van der Waals surface area contributed by atoms with Crippen LogP contribution in [0.25, 0.3) is 11.0 Å². The Morgan fingerprint density at radius 2 is 1.70 bits per heavy atom. The van der Waals surface area contributed by atoms with Gasteiger partial charge >= 0.3 is 5.69 Å². The monoisotopic (exact) mass is 331 g/mol. The molecule has 23 heavy (non-hydrogen) atoms. The Morgan fingerprint density at radius 3 is 2.39 bits per heavy atom. The normalized spacial score (nSPS) is 11.7. The van der Waals surface area contributed by atoms with Crippen LogP contribution in [0.5, 0.6) is 0 Å². The summed E-state index contributed by atoms with van der Waals surface area (Å²) in [6, 6.07) is 11.8. The fourth-order valence-electron chi connectivity index (χ4n) is 2.42. The van der Waals surface area contributed by atoms with Gasteiger partial charge in [-0.25, -0.2) is 13.2 Å². The maximum absolute atomic E-state index is 12.4. The van der Waals surface area contributed by atoms with Crippen molar-refractivity contribution in [2.45, 2.75) is 24.7 Å². The number of H-pyrrole nitrogens is 2. The van der Waals surface area contributed by atoms with Gasteiger partial charge in [0.2, 0.25) is 0 Å². The number of benzene rings is 2. The number of aromatic nitrogens is 2. The van der Waals surface area contributed by atoms with Gasteiger partial charge in [0, 0.05) is 5.69 Å². The van der Waals surface area contributed by atoms with Crippen molar-refractivity contribution in [3.05, 3.63) is 58.5 Å². The quantitative estimate of drug-likeness (QED) is 0.670. The number of rotatable bonds is 5. The molecule has 0 amide bonds. The first-order chi connectivity index (χ1) is 11.0. The van der Waals surface area contributed by atoms with E-state index in [1.54, 1.807) is 18.2 Å². The average molecular weight is 331 g/mol. The largest absolute Gasteiger partial charge is 0.323 e. The van der Waals surface area contributed by atoms with E-state index in [1.165, 1.54) is 17.7 Å². The lowest BCUT2D eigenvalue weighted by Gasteiger charge is -2.09. The Kier molecular flexibility index (Phi) is 3.96. The minimum Gasteiger partial charge on any atom is -0.306 e. The van der Waals surface area contributed by atoms with Gasteiger partial charge in [-0.2, -0.15) is 0 Å². The van der Waals surface area contributed by atoms with Crippen LogP contribution in [0.2, 0.25) is 0 Å². The molecule has 2 aromatic carbocycles. The number of hydrogen-bond acceptors (Lipinski definition) is 3. The summed E-state index contributed by atoms with van der Waals surface area (Å²) >= 11 is 0. The standard InChI is InChI=1S/C16H17N3O3S/c1-2-3-11-4-6-12(7-5-11)19-23(21,22)13-8-9-14-15(10-13)18-16(20)17-14/h4-10,19H,2-3H2,1H3,(H2,17,18,20). The molecule has 0 aliphatic carbocycles. The maximum atomic E-state index is 12.4. The predicted octanol–water partition coefficient (Wildman–Crippen LogP) is 2.61. The first-order valence-electron chi connectivity index (χ1n) is 7.32. The van der Waals surface area contributed by atoms with E-state index >= 15 is 0 Å². The van der Waals surface area contributed by atoms with E-state index in [1.807, 2.05) is 12.1 Å². The van der Waals surface area contributed by atoms with Crippen LogP contribution in [0.4, 0.5) is 5.69 Å². The molecule has 6 nitrogen and oxygen atoms in total. The molecule has 0 saturated heterocycles. The lowest BCUT2D eigenvalue weighted by molar-refractivity contribution is 0.601. The van der Waals surface area contributed by atoms with Crippen LogP contribution >= 0.6 is 0 Å². The van der Waals surface area contributed by atoms with Gasteiger partial charge in [0.25, 0.3) is 10.0 Å². The number of fused-ring (bicyclic) bond motifs is 1. The first-order valence-corrected chi connectivity index (χ1v) is 8.80. The SMILES string of the molecule is CCCc1ccc(NS(=O)(=O)c2ccc3[nH]c(=O)[nH]c3c2)cc1. The van der Waals surface area contributed by atoms with Crippen molar-refractivity contribution in [3.8, 4) is 0 Å². The molecular formula is C16H17N3O3S. The van der Waals surface area contributed by atoms with E-state index in [4.69, 9.17) is 0 Å². The van der Waals surface area contributed by atoms with Gasteiger partial charge in [0.05, 0.1) is 15.9 Å². The molecule has 0 aliphatic rings. The zero-order valence-corrected chi connectivity index (χ0v) is 13.4. The van der Waals surface area contributed by atoms with Crippen molar-refractivity contribution >= 4 is 26.7 Å². The van der Waals surface area contributed by atoms with Crippen LogP contribution in [0.3, 0.4) is 0 Å². The minimum absolute atomic E-state index is 0.0953. The predicted molar refractivity (Wildman–Crippen MR) is 90.2 cm³/mol. The Morgan fingerprint density at radius 1 is 1.00 bits per heavy atom. The van der Waals surface area contributed by atoms with Gasteiger partial charge in [0.15, 0.2) is 0 Å². The number of sulfonamides is 1. The van der Waals surface area contributed by atoms with Crippen LogP contribution < -0.4 is 10.4 Å². The van der Waals surface area contributed by atoms with Crippen LogP contribution in [0.15, 0.2) is 52.2 Å². The molecule has 0 spiro atoms. The van der Waals surface area contributed by atoms with E-state index in [-0.39, 0.29) is 10.6 Å². The molecule has 3 aromatic rings. The lowest BCUT2D eigenvalue weighted by atomic mass is 10.1. The summed E-state index contributed by atoms with van der Waals surface area (Å²) < 4.78 is 27.4. The number of anilines is 1. The Hall–Kier alpha value is -2.54. The topological polar surface area (TPSA) is 94.8 Å². The molecule has 3 N–H and O–H groups in total. The highest BCUT2D eigenvalue weighted by Gasteiger charge is 2.15. The molecule has 0 aliphatic heterocycles. The van der Waals surface area contributed by atoms with E-state index < -0.39 is 10.0 Å². The van der Waals surface area contributed by atoms with Gasteiger partial charge in [-0.3, -0.25) is 4.72 Å². The molecule has 0 saturated carbocycles. The highest BCUT2D eigenvalue weighted by atomic mass is 32.2. The molecular weight excluding hydrogens is 314 g/mol. The van der Waals surface area contributed by atoms with E-state index in [0.29, 0.717) is 16.7 Å². The summed E-state index contributed by atoms with van der Waals surface area (Å²) in [6.45, 7) is 2.10. The second-order valence-electron chi connectivity index (χ2n) is 5.34. The minimum atomic E-state index is -3.71. The maximum Gasteiger partial charge on any atom is 0.323 e. The van der Waals surface area contributed by atoms with Crippen molar-refractivity contribution in [2.24, 2.45) is 0 Å². The number of nitrogens with one attached hydrogen (secondary N) is 3. The van der Waals surface area contributed by atoms with Crippen molar-refractivity contribution in [2.75, 3.05) is 4.72 Å². The van der Waals surface area contributed by atoms with Gasteiger partial charge in [-0.05, 0) is 42.3 Å². The summed E-state index contributed by atoms with van der Waals surface area (Å²) in [5.41, 5.74) is 2.33. The molecule has 0 fully saturated rings. The van der Waals surface area contributed by atoms with Crippen molar-refractivity contribution < 1.29 is 8.42 Å². The highest BCUT2D eigenvalue weighted by molar-refractivity contribution is 7.92. The number of imidazole rings is 1. The zero-order chi connectivity index (χ0) is 16.4. The number of aryl methyl sites for hydroxylation is 1. The molecule has 0 unspecified atom stereocenters. The van der Waals surface area contributed by atoms with E-state index in [9.17, 15) is 13.2 Å². The number of aromatic amines is 2. The molecule has 0 radical (unpaired) electrons. The number of hydrogen-bond donors (Lipinski definition) is 3. The van der Waals surface area contributed by atoms with Gasteiger partial charge < -0.3 is 9.97 Å². The molecule has 1 heterocycles. The first kappa shape index (κ1) is 15.4. The Balaban J connectivity index is 1.88. The lowest BCUT2D eigenvalue weighted by Crippen LogP contribution is -2.12. The van der Waals surface area contributed by atoms with Crippen molar-refractivity contribution in [3.63, 3.8) is 0 Å². The molecule has 7 heteroatoms. The Labute approximate surface area is 133 Å². The fourth-order valence-corrected chi connectivity index (χ4v) is 3.51. The van der Waals surface area contributed by atoms with Gasteiger partial charge in [-0.15, -0.1) is 0 Å². The highest BCUT2D eigenvalue weighted by Crippen LogP contribution is 2.19. The molecule has 0 atom stereocenters. The smallest absolute Gasteiger partial charge is 0.306 e. The molecule has 1 aromatic heterocycles. The molecule has 3 rings (SSSR count). The van der Waals surface area contributed by atoms with Crippen LogP contribution in [-0.2, 0) is 16.4 Å². The van der Waals surface area contributed by atoms with Crippen LogP contribution in [0, 0.1) is 0 Å². The second-order valence-corrected chi connectivity index (χ2v) is 7.02. The van der Waals surface area contributed by atoms with Gasteiger partial charge in [-0.1, -0.05) is 25.5 Å². The third-order valence-electron chi connectivity index (χ3n) is 3.54. The van der Waals surface area contributed by atoms with Crippen LogP contribution in [-0.4, -0.2) is 18.4 Å². The van der Waals surface area contributed by atoms with Crippen LogP contribution in [0.1, 0.15) is 18.9 Å². The van der Waals surface area contributed by atoms with E-state index in [0.717, 1.165) is 12.8 Å². The fraction of sp³-hybridized carbons (Fsp3) is 0.188. The van der Waals surface area contributed by atoms with Gasteiger partial charge in [0.1, 0.15) is 0 Å². The Bertz CT molecular complexity index is 985. The van der Waals surface area contributed by atoms with E-state index in [2.05, 4.69) is 21.6 Å². The average Bonchev–Trinajstić information content (AvgIpc) is 2.88. The van der Waals surface area contributed by atoms with Crippen molar-refractivity contribution in [1.82, 2.24) is 9.97 Å². The summed E-state index contributed by atoms with van der Waals surface area (Å²) in [4.78, 5) is 16.5. The zero-order valence-electron chi connectivity index (χ0n) is 12.6.